The minimum Gasteiger partial charge on any atom is -1.00 e. The van der Waals surface area contributed by atoms with E-state index in [4.69, 9.17) is 46.1 Å². The number of aryl methyl sites for hydroxylation is 4. The summed E-state index contributed by atoms with van der Waals surface area (Å²) < 4.78 is 23.5. The smallest absolute Gasteiger partial charge is 1.00 e. The molecule has 3 amide bonds. The van der Waals surface area contributed by atoms with Gasteiger partial charge in [0.25, 0.3) is 40.8 Å². The van der Waals surface area contributed by atoms with Crippen LogP contribution >= 0.6 is 11.6 Å². The number of nitrogens with two attached hydrogens (primary N) is 1. The van der Waals surface area contributed by atoms with Gasteiger partial charge in [-0.05, 0) is 173 Å². The van der Waals surface area contributed by atoms with Gasteiger partial charge in [-0.2, -0.15) is 0 Å². The van der Waals surface area contributed by atoms with Gasteiger partial charge in [-0.15, -0.1) is 0 Å². The van der Waals surface area contributed by atoms with Crippen LogP contribution < -0.4 is 130 Å². The molecular formula is C53H71B2ClK2N6O15. The van der Waals surface area contributed by atoms with Crippen molar-refractivity contribution < 1.29 is 167 Å². The first kappa shape index (κ1) is 73.7. The van der Waals surface area contributed by atoms with Crippen molar-refractivity contribution in [1.82, 2.24) is 15.4 Å². The van der Waals surface area contributed by atoms with E-state index in [1.807, 2.05) is 128 Å². The number of nitrogens with one attached hydrogen (secondary N) is 1. The third-order valence-corrected chi connectivity index (χ3v) is 13.2. The Labute approximate surface area is 554 Å². The first-order chi connectivity index (χ1) is 35.1. The van der Waals surface area contributed by atoms with E-state index in [-0.39, 0.29) is 161 Å². The molecule has 0 aliphatic carbocycles. The van der Waals surface area contributed by atoms with Crippen LogP contribution in [-0.4, -0.2) is 97.0 Å². The molecule has 418 valence electrons. The van der Waals surface area contributed by atoms with Gasteiger partial charge in [0.2, 0.25) is 0 Å². The number of nitro benzene ring substituents is 2. The molecule has 0 saturated carbocycles. The Bertz CT molecular complexity index is 2830. The van der Waals surface area contributed by atoms with E-state index in [0.717, 1.165) is 28.3 Å². The second-order valence-electron chi connectivity index (χ2n) is 22.6. The number of rotatable bonds is 9. The minimum atomic E-state index is -0.954. The Morgan fingerprint density at radius 3 is 1.22 bits per heavy atom. The second-order valence-corrected chi connectivity index (χ2v) is 22.9. The van der Waals surface area contributed by atoms with E-state index in [0.29, 0.717) is 11.1 Å². The molecule has 26 heteroatoms. The molecule has 2 heterocycles. The molecule has 3 N–H and O–H groups in total. The summed E-state index contributed by atoms with van der Waals surface area (Å²) in [4.78, 5) is 83.0. The third kappa shape index (κ3) is 19.7. The van der Waals surface area contributed by atoms with Crippen molar-refractivity contribution in [3.05, 3.63) is 138 Å². The van der Waals surface area contributed by atoms with E-state index in [9.17, 15) is 39.4 Å². The average molecular weight is 1170 g/mol. The van der Waals surface area contributed by atoms with E-state index in [2.05, 4.69) is 10.3 Å². The number of nitro groups is 2. The van der Waals surface area contributed by atoms with E-state index >= 15 is 0 Å². The molecule has 2 aliphatic heterocycles. The molecule has 4 aromatic carbocycles. The third-order valence-electron chi connectivity index (χ3n) is 13.0. The quantitative estimate of drug-likeness (QED) is 0.0350. The summed E-state index contributed by atoms with van der Waals surface area (Å²) >= 11 is 5.36. The molecule has 0 atom stereocenters. The summed E-state index contributed by atoms with van der Waals surface area (Å²) in [7, 11) is -1.82. The van der Waals surface area contributed by atoms with Gasteiger partial charge >= 0.3 is 117 Å². The topological polar surface area (TPSA) is 285 Å². The maximum absolute atomic E-state index is 13.4. The second kappa shape index (κ2) is 29.3. The maximum Gasteiger partial charge on any atom is 1.00 e. The van der Waals surface area contributed by atoms with Crippen LogP contribution in [0.1, 0.15) is 162 Å². The number of nitrogens with zero attached hydrogens (tertiary/aromatic N) is 4. The number of carbonyl (C=O) groups is 5. The van der Waals surface area contributed by atoms with Gasteiger partial charge in [0.05, 0.1) is 54.3 Å². The predicted molar refractivity (Wildman–Crippen MR) is 291 cm³/mol. The molecule has 0 spiro atoms. The summed E-state index contributed by atoms with van der Waals surface area (Å²) in [5, 5.41) is 33.3. The van der Waals surface area contributed by atoms with Crippen LogP contribution in [0.25, 0.3) is 0 Å². The molecule has 6 rings (SSSR count). The molecule has 0 aromatic heterocycles. The summed E-state index contributed by atoms with van der Waals surface area (Å²) in [6.07, 6.45) is 0. The number of hydrazine groups is 2. The summed E-state index contributed by atoms with van der Waals surface area (Å²) in [6, 6.07) is 19.3. The van der Waals surface area contributed by atoms with Crippen molar-refractivity contribution in [2.45, 2.75) is 158 Å². The molecule has 79 heavy (non-hydrogen) atoms. The van der Waals surface area contributed by atoms with Gasteiger partial charge in [-0.25, -0.2) is 10.9 Å². The van der Waals surface area contributed by atoms with Crippen molar-refractivity contribution in [3.63, 3.8) is 0 Å². The van der Waals surface area contributed by atoms with Crippen LogP contribution in [-0.2, 0) is 28.3 Å². The predicted octanol–water partition coefficient (Wildman–Crippen LogP) is 1.34. The molecule has 21 nitrogen and oxygen atoms in total. The maximum atomic E-state index is 13.4. The summed E-state index contributed by atoms with van der Waals surface area (Å²) in [6.45, 7) is 33.5. The fourth-order valence-electron chi connectivity index (χ4n) is 7.46. The van der Waals surface area contributed by atoms with Crippen LogP contribution in [0.2, 0.25) is 0 Å². The first-order valence-electron chi connectivity index (χ1n) is 24.2. The van der Waals surface area contributed by atoms with E-state index in [1.54, 1.807) is 32.9 Å². The number of benzene rings is 4. The van der Waals surface area contributed by atoms with Gasteiger partial charge in [0.15, 0.2) is 0 Å². The average Bonchev–Trinajstić information content (AvgIpc) is 3.67. The molecule has 4 aromatic rings. The zero-order valence-corrected chi connectivity index (χ0v) is 56.0. The Balaban J connectivity index is 0.00000121. The molecule has 0 unspecified atom stereocenters. The molecular weight excluding hydrogens is 1100 g/mol. The fourth-order valence-corrected chi connectivity index (χ4v) is 7.58. The van der Waals surface area contributed by atoms with Crippen LogP contribution in [0.4, 0.5) is 11.4 Å². The van der Waals surface area contributed by atoms with Gasteiger partial charge < -0.3 is 30.2 Å². The van der Waals surface area contributed by atoms with Crippen LogP contribution in [0.3, 0.4) is 0 Å². The molecule has 2 fully saturated rings. The van der Waals surface area contributed by atoms with Gasteiger partial charge in [-0.3, -0.25) is 54.6 Å². The zero-order chi connectivity index (χ0) is 59.1. The SMILES string of the molecule is CC1(C)OB(c2ccc(C(=O)Cl)cc2[N+](=O)[O-])OC1(C)C.Cc1cc(C)cc(C(=O)N(N)C(C)(C)C)c1.Cc1cc(C)cc(C(=O)N(NC(=O)c2ccc(B3OC(C)(C)C(C)(C)O3)c([N+](=O)[O-])c2)C(C)(C)C)c1.O=CO[O-].[H-].[K+].[K+]. The van der Waals surface area contributed by atoms with Crippen LogP contribution in [0.15, 0.2) is 72.8 Å². The molecule has 0 radical (unpaired) electrons. The number of halogens is 1. The minimum absolute atomic E-state index is 0. The standard InChI is InChI=1S/C26H34BN3O6.C13H15BClNO5.C13H20N2O.CH2O3.2K.H/c1-16-12-17(2)14-19(13-16)23(32)29(24(3,4)5)28-22(31)18-10-11-20(21(15-18)30(33)34)27-35-25(6,7)26(8,9)36-27;1-12(2)13(3,4)21-14(20-12)9-6-5-8(11(15)17)7-10(9)16(18)19;1-9-6-10(2)8-11(7-9)12(16)15(14)13(3,4)5;2-1-4-3;;;/h10-15H,1-9H3,(H,28,31);5-7H,1-4H3;6-8H,14H2,1-5H3;1,3H;;;/q;;;;2*+1;-1/p-1. The van der Waals surface area contributed by atoms with Crippen molar-refractivity contribution in [1.29, 1.82) is 0 Å². The van der Waals surface area contributed by atoms with Gasteiger partial charge in [0, 0.05) is 34.4 Å². The molecule has 2 aliphatic rings. The number of hydrogen-bond acceptors (Lipinski definition) is 16. The normalized spacial score (nSPS) is 15.3. The zero-order valence-electron chi connectivity index (χ0n) is 50.0. The Hall–Kier alpha value is -3.32. The van der Waals surface area contributed by atoms with Crippen molar-refractivity contribution in [3.8, 4) is 0 Å². The largest absolute Gasteiger partial charge is 1.00 e. The monoisotopic (exact) mass is 1170 g/mol. The number of amides is 3. The Morgan fingerprint density at radius 1 is 0.608 bits per heavy atom. The van der Waals surface area contributed by atoms with Crippen molar-refractivity contribution >= 4 is 77.6 Å². The Morgan fingerprint density at radius 2 is 0.924 bits per heavy atom. The van der Waals surface area contributed by atoms with E-state index < -0.39 is 63.2 Å². The summed E-state index contributed by atoms with van der Waals surface area (Å²) in [5.41, 5.74) is 4.06. The molecule has 0 bridgehead atoms. The van der Waals surface area contributed by atoms with Crippen molar-refractivity contribution in [2.24, 2.45) is 5.84 Å². The first-order valence-corrected chi connectivity index (χ1v) is 24.6. The van der Waals surface area contributed by atoms with Crippen molar-refractivity contribution in [2.75, 3.05) is 0 Å². The van der Waals surface area contributed by atoms with Gasteiger partial charge in [0.1, 0.15) is 0 Å². The fraction of sp³-hybridized carbons (Fsp3) is 0.453. The summed E-state index contributed by atoms with van der Waals surface area (Å²) in [5.74, 6) is 4.64. The van der Waals surface area contributed by atoms with E-state index in [1.165, 1.54) is 40.3 Å². The number of carbonyl (C=O) groups excluding carboxylic acids is 5. The number of hydrogen-bond donors (Lipinski definition) is 2. The van der Waals surface area contributed by atoms with Gasteiger partial charge in [-0.1, -0.05) is 46.5 Å². The molecule has 2 saturated heterocycles. The van der Waals surface area contributed by atoms with Crippen LogP contribution in [0, 0.1) is 47.9 Å². The van der Waals surface area contributed by atoms with Crippen LogP contribution in [0.5, 0.6) is 0 Å². The Kier molecular flexibility index (Phi) is 27.3.